The average Bonchev–Trinajstić information content (AvgIpc) is 3.21. The second kappa shape index (κ2) is 9.72. The summed E-state index contributed by atoms with van der Waals surface area (Å²) in [6.07, 6.45) is 9.08. The van der Waals surface area contributed by atoms with Crippen molar-refractivity contribution in [1.82, 2.24) is 19.9 Å². The van der Waals surface area contributed by atoms with E-state index in [0.29, 0.717) is 6.04 Å². The van der Waals surface area contributed by atoms with Crippen molar-refractivity contribution in [2.45, 2.75) is 25.3 Å². The van der Waals surface area contributed by atoms with E-state index in [-0.39, 0.29) is 0 Å². The molecule has 0 unspecified atom stereocenters. The SMILES string of the molecule is Clc1ccc2c(NCCCN3CCC(Nc4c5ccc[nH]c-5c5ncccc45)CC3)ccnc2c1. The Morgan fingerprint density at radius 1 is 1.00 bits per heavy atom. The van der Waals surface area contributed by atoms with Crippen LogP contribution in [0.1, 0.15) is 19.3 Å². The molecule has 1 fully saturated rings. The first-order valence-electron chi connectivity index (χ1n) is 12.4. The number of nitrogens with one attached hydrogen (secondary N) is 3. The van der Waals surface area contributed by atoms with Crippen molar-refractivity contribution < 1.29 is 0 Å². The number of H-pyrrole nitrogens is 1. The Bertz CT molecular complexity index is 1420. The van der Waals surface area contributed by atoms with Crippen molar-refractivity contribution >= 4 is 44.8 Å². The lowest BCUT2D eigenvalue weighted by atomic mass is 10.0. The van der Waals surface area contributed by atoms with Crippen LogP contribution < -0.4 is 10.6 Å². The van der Waals surface area contributed by atoms with E-state index >= 15 is 0 Å². The van der Waals surface area contributed by atoms with Crippen molar-refractivity contribution in [3.63, 3.8) is 0 Å². The number of hydrogen-bond donors (Lipinski definition) is 3. The lowest BCUT2D eigenvalue weighted by Gasteiger charge is -2.33. The summed E-state index contributed by atoms with van der Waals surface area (Å²) in [5.74, 6) is 0. The van der Waals surface area contributed by atoms with Crippen LogP contribution in [0.5, 0.6) is 0 Å². The van der Waals surface area contributed by atoms with Gasteiger partial charge in [-0.1, -0.05) is 11.6 Å². The molecular formula is C28H29ClN6. The molecule has 7 heteroatoms. The molecular weight excluding hydrogens is 456 g/mol. The van der Waals surface area contributed by atoms with E-state index in [9.17, 15) is 0 Å². The number of rotatable bonds is 7. The highest BCUT2D eigenvalue weighted by molar-refractivity contribution is 6.31. The molecule has 4 heterocycles. The molecule has 0 radical (unpaired) electrons. The van der Waals surface area contributed by atoms with Crippen LogP contribution in [0, 0.1) is 0 Å². The largest absolute Gasteiger partial charge is 0.384 e. The van der Waals surface area contributed by atoms with Crippen molar-refractivity contribution in [3.8, 4) is 11.3 Å². The summed E-state index contributed by atoms with van der Waals surface area (Å²) in [7, 11) is 0. The van der Waals surface area contributed by atoms with Gasteiger partial charge in [0.25, 0.3) is 0 Å². The van der Waals surface area contributed by atoms with Gasteiger partial charge in [-0.25, -0.2) is 0 Å². The van der Waals surface area contributed by atoms with E-state index in [1.54, 1.807) is 0 Å². The van der Waals surface area contributed by atoms with E-state index in [1.807, 2.05) is 48.9 Å². The summed E-state index contributed by atoms with van der Waals surface area (Å²) in [4.78, 5) is 15.0. The Morgan fingerprint density at radius 3 is 2.83 bits per heavy atom. The molecule has 0 atom stereocenters. The number of piperidine rings is 1. The third-order valence-corrected chi connectivity index (χ3v) is 7.28. The molecule has 6 rings (SSSR count). The van der Waals surface area contributed by atoms with Crippen LogP contribution in [0.15, 0.2) is 67.1 Å². The van der Waals surface area contributed by atoms with Gasteiger partial charge in [-0.3, -0.25) is 9.97 Å². The third kappa shape index (κ3) is 4.51. The normalized spacial score (nSPS) is 15.2. The topological polar surface area (TPSA) is 68.9 Å². The molecule has 1 saturated heterocycles. The molecule has 0 spiro atoms. The molecule has 0 saturated carbocycles. The highest BCUT2D eigenvalue weighted by Gasteiger charge is 2.23. The van der Waals surface area contributed by atoms with E-state index in [2.05, 4.69) is 48.7 Å². The summed E-state index contributed by atoms with van der Waals surface area (Å²) >= 11 is 6.11. The van der Waals surface area contributed by atoms with Crippen LogP contribution in [0.25, 0.3) is 33.1 Å². The molecule has 178 valence electrons. The van der Waals surface area contributed by atoms with Gasteiger partial charge in [-0.2, -0.15) is 0 Å². The highest BCUT2D eigenvalue weighted by Crippen LogP contribution is 2.41. The number of fused-ring (bicyclic) bond motifs is 4. The summed E-state index contributed by atoms with van der Waals surface area (Å²) < 4.78 is 0. The average molecular weight is 485 g/mol. The number of aromatic nitrogens is 3. The van der Waals surface area contributed by atoms with Crippen molar-refractivity contribution in [2.75, 3.05) is 36.8 Å². The van der Waals surface area contributed by atoms with Gasteiger partial charge in [0, 0.05) is 71.3 Å². The second-order valence-corrected chi connectivity index (χ2v) is 9.73. The van der Waals surface area contributed by atoms with Crippen LogP contribution in [0.3, 0.4) is 0 Å². The molecule has 2 aromatic heterocycles. The molecule has 6 nitrogen and oxygen atoms in total. The van der Waals surface area contributed by atoms with Crippen LogP contribution >= 0.6 is 11.6 Å². The zero-order chi connectivity index (χ0) is 23.6. The molecule has 1 aromatic carbocycles. The van der Waals surface area contributed by atoms with Crippen LogP contribution in [0.4, 0.5) is 11.4 Å². The van der Waals surface area contributed by atoms with Crippen molar-refractivity contribution in [3.05, 3.63) is 72.1 Å². The van der Waals surface area contributed by atoms with Crippen LogP contribution in [-0.2, 0) is 0 Å². The minimum Gasteiger partial charge on any atom is -0.384 e. The van der Waals surface area contributed by atoms with Gasteiger partial charge in [0.1, 0.15) is 0 Å². The fourth-order valence-corrected chi connectivity index (χ4v) is 5.42. The Morgan fingerprint density at radius 2 is 1.91 bits per heavy atom. The number of likely N-dealkylation sites (tertiary alicyclic amines) is 1. The van der Waals surface area contributed by atoms with Gasteiger partial charge in [0.2, 0.25) is 0 Å². The lowest BCUT2D eigenvalue weighted by Crippen LogP contribution is -2.39. The predicted molar refractivity (Wildman–Crippen MR) is 146 cm³/mol. The van der Waals surface area contributed by atoms with Crippen LogP contribution in [-0.4, -0.2) is 52.1 Å². The fraction of sp³-hybridized carbons (Fsp3) is 0.286. The standard InChI is InChI=1S/C28H29ClN6/c29-19-6-7-21-24(8-14-31-25(21)18-19)30-13-3-15-35-16-9-20(10-17-35)34-26-22-4-1-11-32-27(22)28-23(26)5-2-12-33-28/h1-2,4-8,11-12,14,18,20,32,34H,3,9-10,13,15-17H2,(H,30,31). The lowest BCUT2D eigenvalue weighted by molar-refractivity contribution is 0.218. The number of hydrogen-bond acceptors (Lipinski definition) is 5. The molecule has 35 heavy (non-hydrogen) atoms. The monoisotopic (exact) mass is 484 g/mol. The summed E-state index contributed by atoms with van der Waals surface area (Å²) in [6.45, 7) is 4.29. The number of benzene rings is 1. The zero-order valence-electron chi connectivity index (χ0n) is 19.6. The smallest absolute Gasteiger partial charge is 0.0964 e. The number of halogens is 1. The predicted octanol–water partition coefficient (Wildman–Crippen LogP) is 6.25. The molecule has 0 amide bonds. The molecule has 2 aliphatic heterocycles. The number of anilines is 2. The Hall–Kier alpha value is -3.35. The maximum absolute atomic E-state index is 6.11. The first-order valence-corrected chi connectivity index (χ1v) is 12.7. The van der Waals surface area contributed by atoms with E-state index < -0.39 is 0 Å². The molecule has 0 bridgehead atoms. The van der Waals surface area contributed by atoms with Gasteiger partial charge in [-0.05, 0) is 74.3 Å². The minimum absolute atomic E-state index is 0.480. The fourth-order valence-electron chi connectivity index (χ4n) is 5.25. The van der Waals surface area contributed by atoms with E-state index in [0.717, 1.165) is 78.3 Å². The maximum atomic E-state index is 6.11. The third-order valence-electron chi connectivity index (χ3n) is 7.05. The minimum atomic E-state index is 0.480. The molecule has 3 N–H and O–H groups in total. The first kappa shape index (κ1) is 22.1. The van der Waals surface area contributed by atoms with E-state index in [1.165, 1.54) is 16.6 Å². The first-order chi connectivity index (χ1) is 17.3. The quantitative estimate of drug-likeness (QED) is 0.238. The van der Waals surface area contributed by atoms with Gasteiger partial charge in [-0.15, -0.1) is 0 Å². The number of nitrogens with zero attached hydrogens (tertiary/aromatic N) is 3. The van der Waals surface area contributed by atoms with Crippen molar-refractivity contribution in [1.29, 1.82) is 0 Å². The summed E-state index contributed by atoms with van der Waals surface area (Å²) in [6, 6.07) is 16.8. The van der Waals surface area contributed by atoms with Crippen molar-refractivity contribution in [2.24, 2.45) is 0 Å². The maximum Gasteiger partial charge on any atom is 0.0964 e. The highest BCUT2D eigenvalue weighted by atomic mass is 35.5. The molecule has 3 aliphatic rings. The molecule has 1 aliphatic carbocycles. The number of aromatic amines is 1. The van der Waals surface area contributed by atoms with Gasteiger partial charge >= 0.3 is 0 Å². The van der Waals surface area contributed by atoms with E-state index in [4.69, 9.17) is 11.6 Å². The Kier molecular flexibility index (Phi) is 6.15. The second-order valence-electron chi connectivity index (χ2n) is 9.29. The summed E-state index contributed by atoms with van der Waals surface area (Å²) in [5, 5.41) is 10.5. The number of pyridine rings is 3. The van der Waals surface area contributed by atoms with Gasteiger partial charge < -0.3 is 20.5 Å². The Labute approximate surface area is 210 Å². The van der Waals surface area contributed by atoms with Crippen LogP contribution in [0.2, 0.25) is 5.02 Å². The van der Waals surface area contributed by atoms with Gasteiger partial charge in [0.15, 0.2) is 0 Å². The van der Waals surface area contributed by atoms with Gasteiger partial charge in [0.05, 0.1) is 22.4 Å². The molecule has 3 aromatic rings. The summed E-state index contributed by atoms with van der Waals surface area (Å²) in [5.41, 5.74) is 6.64. The zero-order valence-corrected chi connectivity index (χ0v) is 20.4. The Balaban J connectivity index is 1.02.